The smallest absolute Gasteiger partial charge is 0.340 e. The Morgan fingerprint density at radius 3 is 2.52 bits per heavy atom. The summed E-state index contributed by atoms with van der Waals surface area (Å²) >= 11 is 0. The van der Waals surface area contributed by atoms with Gasteiger partial charge in [0.15, 0.2) is 11.9 Å². The molecule has 16 nitrogen and oxygen atoms in total. The van der Waals surface area contributed by atoms with Crippen molar-refractivity contribution in [3.63, 3.8) is 0 Å². The van der Waals surface area contributed by atoms with E-state index in [1.165, 1.54) is 30.5 Å². The number of terminal acetylenes is 1. The largest absolute Gasteiger partial charge is 0.508 e. The number of benzene rings is 3. The lowest BCUT2D eigenvalue weighted by Gasteiger charge is -2.36. The Morgan fingerprint density at radius 2 is 1.75 bits per heavy atom. The number of aliphatic hydroxyl groups excluding tert-OH is 1. The van der Waals surface area contributed by atoms with E-state index < -0.39 is 23.7 Å². The van der Waals surface area contributed by atoms with Gasteiger partial charge in [0.25, 0.3) is 11.5 Å². The SMILES string of the molecule is C#Cc1c(F)ccc2cc(O)cc(-c3ncc4c(N5CCN(C(=O)C(=C)COc6ccc7nc8c(c(CC)c7c6)Cn6c-8cc7c(c6=O)COC(=O)C7O)CC5)nc(OCC56CCCN5CCC6)nc4c3F)c12. The second-order valence-electron chi connectivity index (χ2n) is 19.4. The number of pyridine rings is 3. The van der Waals surface area contributed by atoms with Gasteiger partial charge in [0.05, 0.1) is 45.5 Å². The van der Waals surface area contributed by atoms with Gasteiger partial charge < -0.3 is 38.8 Å². The number of aliphatic hydroxyl groups is 1. The van der Waals surface area contributed by atoms with Gasteiger partial charge in [-0.15, -0.1) is 6.42 Å². The monoisotopic (exact) mass is 986 g/mol. The lowest BCUT2D eigenvalue weighted by molar-refractivity contribution is -0.157. The number of phenols is 1. The zero-order chi connectivity index (χ0) is 50.4. The number of esters is 1. The third-order valence-electron chi connectivity index (χ3n) is 15.4. The van der Waals surface area contributed by atoms with E-state index in [4.69, 9.17) is 30.6 Å². The van der Waals surface area contributed by atoms with Crippen LogP contribution in [0.15, 0.2) is 71.7 Å². The van der Waals surface area contributed by atoms with Gasteiger partial charge in [-0.05, 0) is 98.6 Å². The van der Waals surface area contributed by atoms with Crippen LogP contribution in [0.5, 0.6) is 17.5 Å². The quantitative estimate of drug-likeness (QED) is 0.0861. The summed E-state index contributed by atoms with van der Waals surface area (Å²) in [5, 5.41) is 23.0. The number of cyclic esters (lactones) is 1. The summed E-state index contributed by atoms with van der Waals surface area (Å²) in [6.07, 6.45) is 10.3. The Kier molecular flexibility index (Phi) is 11.1. The van der Waals surface area contributed by atoms with Gasteiger partial charge in [-0.25, -0.2) is 18.6 Å². The van der Waals surface area contributed by atoms with E-state index in [-0.39, 0.29) is 106 Å². The number of carbonyl (C=O) groups is 2. The summed E-state index contributed by atoms with van der Waals surface area (Å²) in [4.78, 5) is 64.7. The van der Waals surface area contributed by atoms with E-state index in [9.17, 15) is 24.6 Å². The lowest BCUT2D eigenvalue weighted by Crippen LogP contribution is -2.49. The number of phenolic OH excluding ortho intramolecular Hbond substituents is 1. The normalized spacial score (nSPS) is 17.8. The molecule has 7 aromatic rings. The fourth-order valence-corrected chi connectivity index (χ4v) is 11.7. The number of fused-ring (bicyclic) bond motifs is 8. The summed E-state index contributed by atoms with van der Waals surface area (Å²) in [5.74, 6) is 0.484. The number of carbonyl (C=O) groups excluding carboxylic acids is 2. The highest BCUT2D eigenvalue weighted by atomic mass is 19.1. The van der Waals surface area contributed by atoms with Crippen LogP contribution in [-0.2, 0) is 33.9 Å². The van der Waals surface area contributed by atoms with Gasteiger partial charge in [0.2, 0.25) is 0 Å². The molecule has 3 aromatic carbocycles. The molecule has 5 aliphatic rings. The molecule has 5 aliphatic heterocycles. The maximum Gasteiger partial charge on any atom is 0.340 e. The van der Waals surface area contributed by atoms with Crippen LogP contribution in [0.2, 0.25) is 0 Å². The maximum atomic E-state index is 17.2. The number of piperazine rings is 1. The molecule has 0 aliphatic carbocycles. The number of hydrogen-bond acceptors (Lipinski definition) is 14. The Hall–Kier alpha value is -8.01. The fourth-order valence-electron chi connectivity index (χ4n) is 11.7. The standard InChI is InChI=1S/C55H48F2N8O8/c1-4-33-35-22-32(9-11-42(35)59-46-39(33)25-65-43(46)23-36-40(52(65)69)27-72-53(70)49(36)67)71-26-29(3)51(68)63-18-16-62(17-19-63)50-38-24-58-47(37-21-31(66)20-30-8-10-41(56)34(5-2)44(30)37)45(57)48(38)60-54(61-50)73-28-55-12-6-14-64(55)15-7-13-55/h2,8-11,20-24,49,66-67H,3-4,6-7,12-19,25-28H2,1H3. The average Bonchev–Trinajstić information content (AvgIpc) is 4.11. The third kappa shape index (κ3) is 7.51. The van der Waals surface area contributed by atoms with E-state index in [1.807, 2.05) is 24.0 Å². The average molecular weight is 987 g/mol. The minimum Gasteiger partial charge on any atom is -0.508 e. The molecule has 0 spiro atoms. The second-order valence-corrected chi connectivity index (χ2v) is 19.4. The zero-order valence-electron chi connectivity index (χ0n) is 39.8. The van der Waals surface area contributed by atoms with Gasteiger partial charge in [-0.2, -0.15) is 9.97 Å². The first-order valence-electron chi connectivity index (χ1n) is 24.4. The molecule has 0 bridgehead atoms. The second kappa shape index (κ2) is 17.6. The predicted octanol–water partition coefficient (Wildman–Crippen LogP) is 6.49. The number of anilines is 1. The summed E-state index contributed by atoms with van der Waals surface area (Å²) in [6.45, 7) is 9.58. The number of hydrogen-bond donors (Lipinski definition) is 2. The van der Waals surface area contributed by atoms with E-state index in [2.05, 4.69) is 27.4 Å². The van der Waals surface area contributed by atoms with Crippen molar-refractivity contribution >= 4 is 50.3 Å². The Bertz CT molecular complexity index is 3650. The van der Waals surface area contributed by atoms with E-state index >= 15 is 8.78 Å². The summed E-state index contributed by atoms with van der Waals surface area (Å²) in [7, 11) is 0. The summed E-state index contributed by atoms with van der Waals surface area (Å²) < 4.78 is 51.5. The number of aromatic hydroxyl groups is 1. The van der Waals surface area contributed by atoms with Crippen LogP contribution in [0.3, 0.4) is 0 Å². The van der Waals surface area contributed by atoms with Gasteiger partial charge in [-0.1, -0.05) is 25.5 Å². The van der Waals surface area contributed by atoms with Crippen molar-refractivity contribution in [2.45, 2.75) is 63.8 Å². The van der Waals surface area contributed by atoms with Crippen molar-refractivity contribution in [3.05, 3.63) is 117 Å². The van der Waals surface area contributed by atoms with Crippen LogP contribution in [0.4, 0.5) is 14.6 Å². The number of ether oxygens (including phenoxy) is 3. The number of halogens is 2. The molecule has 73 heavy (non-hydrogen) atoms. The molecule has 3 saturated heterocycles. The van der Waals surface area contributed by atoms with Gasteiger partial charge in [0, 0.05) is 65.4 Å². The summed E-state index contributed by atoms with van der Waals surface area (Å²) in [5.41, 5.74) is 3.61. The van der Waals surface area contributed by atoms with Crippen molar-refractivity contribution in [1.82, 2.24) is 34.3 Å². The van der Waals surface area contributed by atoms with Crippen molar-refractivity contribution < 1.29 is 42.8 Å². The van der Waals surface area contributed by atoms with Crippen molar-refractivity contribution in [1.29, 1.82) is 0 Å². The maximum absolute atomic E-state index is 17.2. The number of nitrogens with zero attached hydrogens (tertiary/aromatic N) is 8. The van der Waals surface area contributed by atoms with E-state index in [0.717, 1.165) is 55.3 Å². The minimum absolute atomic E-state index is 0.0132. The molecular weight excluding hydrogens is 939 g/mol. The molecular formula is C55H48F2N8O8. The molecule has 4 aromatic heterocycles. The van der Waals surface area contributed by atoms with Crippen molar-refractivity contribution in [2.24, 2.45) is 0 Å². The lowest BCUT2D eigenvalue weighted by atomic mass is 9.95. The molecule has 1 amide bonds. The number of amides is 1. The molecule has 3 fully saturated rings. The summed E-state index contributed by atoms with van der Waals surface area (Å²) in [6, 6.07) is 12.5. The van der Waals surface area contributed by atoms with Crippen LogP contribution in [0, 0.1) is 24.0 Å². The molecule has 0 saturated carbocycles. The zero-order valence-corrected chi connectivity index (χ0v) is 39.8. The molecule has 1 atom stereocenters. The molecule has 9 heterocycles. The Morgan fingerprint density at radius 1 is 0.959 bits per heavy atom. The molecule has 1 unspecified atom stereocenters. The number of rotatable bonds is 10. The van der Waals surface area contributed by atoms with Gasteiger partial charge >= 0.3 is 12.0 Å². The number of aromatic nitrogens is 5. The first-order chi connectivity index (χ1) is 35.3. The fraction of sp³-hybridized carbons (Fsp3) is 0.327. The minimum atomic E-state index is -1.55. The van der Waals surface area contributed by atoms with Crippen molar-refractivity contribution in [3.8, 4) is 52.5 Å². The predicted molar refractivity (Wildman–Crippen MR) is 266 cm³/mol. The van der Waals surface area contributed by atoms with Gasteiger partial charge in [-0.3, -0.25) is 19.5 Å². The third-order valence-corrected chi connectivity index (χ3v) is 15.4. The first kappa shape index (κ1) is 46.1. The number of aryl methyl sites for hydroxylation is 1. The molecule has 12 rings (SSSR count). The molecule has 0 radical (unpaired) electrons. The highest BCUT2D eigenvalue weighted by Gasteiger charge is 2.45. The Balaban J connectivity index is 0.782. The highest BCUT2D eigenvalue weighted by Crippen LogP contribution is 2.43. The first-order valence-corrected chi connectivity index (χ1v) is 24.4. The van der Waals surface area contributed by atoms with E-state index in [0.29, 0.717) is 65.4 Å². The molecule has 2 N–H and O–H groups in total. The van der Waals surface area contributed by atoms with Gasteiger partial charge in [0.1, 0.15) is 54.2 Å². The molecule has 18 heteroatoms. The topological polar surface area (TPSA) is 186 Å². The van der Waals surface area contributed by atoms with Crippen LogP contribution < -0.4 is 19.9 Å². The van der Waals surface area contributed by atoms with Crippen LogP contribution in [0.25, 0.3) is 55.2 Å². The molecule has 370 valence electrons. The van der Waals surface area contributed by atoms with E-state index in [1.54, 1.807) is 21.6 Å². The van der Waals surface area contributed by atoms with Crippen LogP contribution in [0.1, 0.15) is 66.5 Å². The van der Waals surface area contributed by atoms with Crippen LogP contribution in [-0.4, -0.2) is 114 Å². The highest BCUT2D eigenvalue weighted by molar-refractivity contribution is 6.03. The van der Waals surface area contributed by atoms with Crippen LogP contribution >= 0.6 is 0 Å². The van der Waals surface area contributed by atoms with Crippen molar-refractivity contribution in [2.75, 3.05) is 57.4 Å². The Labute approximate surface area is 416 Å².